The smallest absolute Gasteiger partial charge is 0.430 e. The molecule has 1 aromatic rings. The van der Waals surface area contributed by atoms with Crippen molar-refractivity contribution in [3.05, 3.63) is 33.9 Å². The van der Waals surface area contributed by atoms with Crippen LogP contribution >= 0.6 is 11.6 Å². The Labute approximate surface area is 143 Å². The minimum Gasteiger partial charge on any atom is -0.475 e. The SMILES string of the molecule is CCOC(=O)C1=Cc2cc(Cl)c(C(C)(C)C)cc2O[C@H]1C(F)(F)F. The van der Waals surface area contributed by atoms with Gasteiger partial charge in [-0.3, -0.25) is 0 Å². The van der Waals surface area contributed by atoms with Gasteiger partial charge in [-0.05, 0) is 36.1 Å². The van der Waals surface area contributed by atoms with Crippen molar-refractivity contribution in [2.24, 2.45) is 0 Å². The number of ether oxygens (including phenoxy) is 2. The molecular weight excluding hydrogens is 345 g/mol. The maximum atomic E-state index is 13.3. The van der Waals surface area contributed by atoms with Crippen molar-refractivity contribution in [2.45, 2.75) is 45.4 Å². The van der Waals surface area contributed by atoms with Crippen LogP contribution in [0.25, 0.3) is 6.08 Å². The molecule has 1 aliphatic heterocycles. The minimum atomic E-state index is -4.74. The Balaban J connectivity index is 2.58. The summed E-state index contributed by atoms with van der Waals surface area (Å²) < 4.78 is 49.7. The van der Waals surface area contributed by atoms with E-state index in [-0.39, 0.29) is 17.8 Å². The molecule has 0 bridgehead atoms. The summed E-state index contributed by atoms with van der Waals surface area (Å²) in [5, 5.41) is 0.398. The highest BCUT2D eigenvalue weighted by molar-refractivity contribution is 6.31. The summed E-state index contributed by atoms with van der Waals surface area (Å²) in [6.45, 7) is 7.17. The van der Waals surface area contributed by atoms with Crippen molar-refractivity contribution in [3.63, 3.8) is 0 Å². The monoisotopic (exact) mass is 362 g/mol. The highest BCUT2D eigenvalue weighted by Gasteiger charge is 2.49. The molecule has 0 aromatic heterocycles. The average molecular weight is 363 g/mol. The van der Waals surface area contributed by atoms with Crippen LogP contribution in [0.4, 0.5) is 13.2 Å². The number of halogens is 4. The van der Waals surface area contributed by atoms with Crippen molar-refractivity contribution in [2.75, 3.05) is 6.61 Å². The number of esters is 1. The normalized spacial score (nSPS) is 17.7. The van der Waals surface area contributed by atoms with Gasteiger partial charge in [0, 0.05) is 10.6 Å². The van der Waals surface area contributed by atoms with Crippen LogP contribution in [0.3, 0.4) is 0 Å². The Morgan fingerprint density at radius 2 is 1.92 bits per heavy atom. The molecule has 0 saturated heterocycles. The molecule has 0 radical (unpaired) electrons. The van der Waals surface area contributed by atoms with Crippen molar-refractivity contribution in [3.8, 4) is 5.75 Å². The second-order valence-electron chi connectivity index (χ2n) is 6.48. The summed E-state index contributed by atoms with van der Waals surface area (Å²) in [5.41, 5.74) is 0.0266. The molecule has 1 atom stereocenters. The van der Waals surface area contributed by atoms with Gasteiger partial charge < -0.3 is 9.47 Å². The molecule has 1 heterocycles. The maximum absolute atomic E-state index is 13.3. The van der Waals surface area contributed by atoms with E-state index >= 15 is 0 Å². The predicted molar refractivity (Wildman–Crippen MR) is 85.2 cm³/mol. The zero-order valence-corrected chi connectivity index (χ0v) is 14.5. The second kappa shape index (κ2) is 6.31. The van der Waals surface area contributed by atoms with E-state index in [2.05, 4.69) is 0 Å². The number of hydrogen-bond donors (Lipinski definition) is 0. The first-order valence-electron chi connectivity index (χ1n) is 7.41. The first-order valence-corrected chi connectivity index (χ1v) is 7.79. The van der Waals surface area contributed by atoms with Crippen LogP contribution in [0.2, 0.25) is 5.02 Å². The lowest BCUT2D eigenvalue weighted by molar-refractivity contribution is -0.187. The van der Waals surface area contributed by atoms with Gasteiger partial charge in [0.2, 0.25) is 6.10 Å². The van der Waals surface area contributed by atoms with Crippen molar-refractivity contribution >= 4 is 23.6 Å². The summed E-state index contributed by atoms with van der Waals surface area (Å²) in [6, 6.07) is 3.00. The molecular formula is C17H18ClF3O3. The van der Waals surface area contributed by atoms with Crippen LogP contribution in [0.1, 0.15) is 38.8 Å². The van der Waals surface area contributed by atoms with Crippen molar-refractivity contribution in [1.29, 1.82) is 0 Å². The molecule has 0 amide bonds. The molecule has 24 heavy (non-hydrogen) atoms. The number of benzene rings is 1. The zero-order chi connectivity index (χ0) is 18.3. The molecule has 0 saturated carbocycles. The van der Waals surface area contributed by atoms with E-state index in [0.717, 1.165) is 6.08 Å². The molecule has 0 N–H and O–H groups in total. The summed E-state index contributed by atoms with van der Waals surface area (Å²) in [6.07, 6.45) is -5.97. The van der Waals surface area contributed by atoms with E-state index in [1.165, 1.54) is 19.1 Å². The van der Waals surface area contributed by atoms with Crippen molar-refractivity contribution in [1.82, 2.24) is 0 Å². The topological polar surface area (TPSA) is 35.5 Å². The lowest BCUT2D eigenvalue weighted by Gasteiger charge is -2.30. The summed E-state index contributed by atoms with van der Waals surface area (Å²) >= 11 is 6.24. The summed E-state index contributed by atoms with van der Waals surface area (Å²) in [5.74, 6) is -1.01. The maximum Gasteiger partial charge on any atom is 0.430 e. The van der Waals surface area contributed by atoms with E-state index in [4.69, 9.17) is 21.1 Å². The molecule has 0 fully saturated rings. The Bertz CT molecular complexity index is 688. The zero-order valence-electron chi connectivity index (χ0n) is 13.8. The lowest BCUT2D eigenvalue weighted by Crippen LogP contribution is -2.40. The van der Waals surface area contributed by atoms with Crippen LogP contribution in [0, 0.1) is 0 Å². The van der Waals surface area contributed by atoms with Gasteiger partial charge in [-0.25, -0.2) is 4.79 Å². The Hall–Kier alpha value is -1.69. The molecule has 0 spiro atoms. The third kappa shape index (κ3) is 3.69. The fourth-order valence-electron chi connectivity index (χ4n) is 2.42. The van der Waals surface area contributed by atoms with Crippen LogP contribution in [-0.2, 0) is 14.9 Å². The third-order valence-electron chi connectivity index (χ3n) is 3.55. The molecule has 132 valence electrons. The van der Waals surface area contributed by atoms with Crippen LogP contribution in [0.5, 0.6) is 5.75 Å². The number of fused-ring (bicyclic) bond motifs is 1. The van der Waals surface area contributed by atoms with Crippen LogP contribution < -0.4 is 4.74 Å². The van der Waals surface area contributed by atoms with E-state index in [1.807, 2.05) is 20.8 Å². The highest BCUT2D eigenvalue weighted by atomic mass is 35.5. The van der Waals surface area contributed by atoms with Gasteiger partial charge in [0.05, 0.1) is 12.2 Å². The fraction of sp³-hybridized carbons (Fsp3) is 0.471. The Kier molecular flexibility index (Phi) is 4.91. The highest BCUT2D eigenvalue weighted by Crippen LogP contribution is 2.42. The standard InChI is InChI=1S/C17H18ClF3O3/c1-5-23-15(22)10-6-9-7-12(18)11(16(2,3)4)8-13(9)24-14(10)17(19,20)21/h6-8,14H,5H2,1-4H3/t14-/m1/s1. The first kappa shape index (κ1) is 18.6. The van der Waals surface area contributed by atoms with Gasteiger partial charge in [0.25, 0.3) is 0 Å². The third-order valence-corrected chi connectivity index (χ3v) is 3.87. The van der Waals surface area contributed by atoms with E-state index in [0.29, 0.717) is 16.1 Å². The Morgan fingerprint density at radius 1 is 1.29 bits per heavy atom. The fourth-order valence-corrected chi connectivity index (χ4v) is 2.87. The molecule has 1 aromatic carbocycles. The van der Waals surface area contributed by atoms with Crippen LogP contribution in [-0.4, -0.2) is 24.9 Å². The molecule has 1 aliphatic rings. The predicted octanol–water partition coefficient (Wildman–Crippen LogP) is 4.91. The van der Waals surface area contributed by atoms with Gasteiger partial charge in [-0.2, -0.15) is 13.2 Å². The van der Waals surface area contributed by atoms with E-state index in [1.54, 1.807) is 0 Å². The second-order valence-corrected chi connectivity index (χ2v) is 6.89. The number of alkyl halides is 3. The van der Waals surface area contributed by atoms with Gasteiger partial charge in [-0.1, -0.05) is 32.4 Å². The molecule has 0 aliphatic carbocycles. The molecule has 3 nitrogen and oxygen atoms in total. The van der Waals surface area contributed by atoms with Crippen LogP contribution in [0.15, 0.2) is 17.7 Å². The number of rotatable bonds is 2. The summed E-state index contributed by atoms with van der Waals surface area (Å²) in [7, 11) is 0. The molecule has 2 rings (SSSR count). The number of hydrogen-bond acceptors (Lipinski definition) is 3. The number of carbonyl (C=O) groups excluding carboxylic acids is 1. The number of carbonyl (C=O) groups is 1. The average Bonchev–Trinajstić information content (AvgIpc) is 2.43. The van der Waals surface area contributed by atoms with Gasteiger partial charge >= 0.3 is 12.1 Å². The minimum absolute atomic E-state index is 0.0304. The van der Waals surface area contributed by atoms with E-state index in [9.17, 15) is 18.0 Å². The molecule has 0 unspecified atom stereocenters. The quantitative estimate of drug-likeness (QED) is 0.701. The van der Waals surface area contributed by atoms with Gasteiger partial charge in [-0.15, -0.1) is 0 Å². The Morgan fingerprint density at radius 3 is 2.42 bits per heavy atom. The molecule has 7 heteroatoms. The largest absolute Gasteiger partial charge is 0.475 e. The van der Waals surface area contributed by atoms with Gasteiger partial charge in [0.1, 0.15) is 5.75 Å². The van der Waals surface area contributed by atoms with Gasteiger partial charge in [0.15, 0.2) is 0 Å². The van der Waals surface area contributed by atoms with E-state index < -0.39 is 23.8 Å². The van der Waals surface area contributed by atoms with Crippen molar-refractivity contribution < 1.29 is 27.4 Å². The lowest BCUT2D eigenvalue weighted by atomic mass is 9.85. The first-order chi connectivity index (χ1) is 10.9. The summed E-state index contributed by atoms with van der Waals surface area (Å²) in [4.78, 5) is 11.9.